The number of fused-ring (bicyclic) bond motifs is 1. The molecule has 6 heteroatoms. The molecule has 0 bridgehead atoms. The van der Waals surface area contributed by atoms with E-state index >= 15 is 0 Å². The van der Waals surface area contributed by atoms with Gasteiger partial charge >= 0.3 is 0 Å². The molecule has 0 aliphatic heterocycles. The van der Waals surface area contributed by atoms with E-state index in [0.717, 1.165) is 22.9 Å². The lowest BCUT2D eigenvalue weighted by atomic mass is 9.93. The number of hydrogen-bond donors (Lipinski definition) is 1. The topological polar surface area (TPSA) is 61.0 Å². The van der Waals surface area contributed by atoms with Crippen LogP contribution in [0.25, 0.3) is 22.2 Å². The van der Waals surface area contributed by atoms with Crippen molar-refractivity contribution in [2.45, 2.75) is 39.2 Å². The monoisotopic (exact) mass is 385 g/mol. The first-order valence-electron chi connectivity index (χ1n) is 9.31. The van der Waals surface area contributed by atoms with E-state index in [1.54, 1.807) is 12.3 Å². The first-order chi connectivity index (χ1) is 13.3. The van der Waals surface area contributed by atoms with E-state index in [9.17, 15) is 8.78 Å². The molecule has 4 nitrogen and oxygen atoms in total. The lowest BCUT2D eigenvalue weighted by Crippen LogP contribution is -2.43. The third kappa shape index (κ3) is 4.62. The molecule has 1 atom stereocenters. The van der Waals surface area contributed by atoms with E-state index in [2.05, 4.69) is 23.8 Å². The highest BCUT2D eigenvalue weighted by atomic mass is 19.3. The molecular formula is C22H25F2N3O. The molecule has 0 saturated carbocycles. The molecule has 1 aromatic carbocycles. The van der Waals surface area contributed by atoms with Crippen molar-refractivity contribution < 1.29 is 13.5 Å². The zero-order chi connectivity index (χ0) is 20.3. The molecule has 0 spiro atoms. The van der Waals surface area contributed by atoms with E-state index in [0.29, 0.717) is 11.6 Å². The smallest absolute Gasteiger partial charge is 0.267 e. The van der Waals surface area contributed by atoms with Crippen LogP contribution in [0.3, 0.4) is 0 Å². The second kappa shape index (κ2) is 8.19. The van der Waals surface area contributed by atoms with Gasteiger partial charge in [-0.1, -0.05) is 32.0 Å². The molecule has 2 N–H and O–H groups in total. The van der Waals surface area contributed by atoms with Crippen molar-refractivity contribution in [2.75, 3.05) is 6.61 Å². The number of para-hydroxylation sites is 1. The van der Waals surface area contributed by atoms with Gasteiger partial charge in [-0.25, -0.2) is 8.78 Å². The Labute approximate surface area is 163 Å². The maximum absolute atomic E-state index is 13.7. The van der Waals surface area contributed by atoms with Crippen LogP contribution in [0.5, 0.6) is 5.75 Å². The van der Waals surface area contributed by atoms with Gasteiger partial charge in [-0.15, -0.1) is 0 Å². The number of nitrogens with zero attached hydrogens (tertiary/aromatic N) is 2. The highest BCUT2D eigenvalue weighted by Crippen LogP contribution is 2.34. The second-order valence-electron chi connectivity index (χ2n) is 7.82. The molecule has 148 valence electrons. The van der Waals surface area contributed by atoms with E-state index < -0.39 is 12.0 Å². The molecule has 28 heavy (non-hydrogen) atoms. The summed E-state index contributed by atoms with van der Waals surface area (Å²) in [5.41, 5.74) is 7.44. The van der Waals surface area contributed by atoms with Crippen LogP contribution in [0.15, 0.2) is 48.8 Å². The molecule has 3 rings (SSSR count). The number of hydrogen-bond acceptors (Lipinski definition) is 4. The lowest BCUT2D eigenvalue weighted by Gasteiger charge is -2.27. The van der Waals surface area contributed by atoms with Crippen LogP contribution in [0.1, 0.15) is 39.2 Å². The third-order valence-electron chi connectivity index (χ3n) is 4.49. The summed E-state index contributed by atoms with van der Waals surface area (Å²) in [6.07, 6.45) is 1.06. The highest BCUT2D eigenvalue weighted by molar-refractivity contribution is 5.93. The minimum absolute atomic E-state index is 0.0672. The number of nitrogens with two attached hydrogens (primary N) is 1. The van der Waals surface area contributed by atoms with Gasteiger partial charge in [0.15, 0.2) is 0 Å². The molecule has 0 aliphatic rings. The minimum Gasteiger partial charge on any atom is -0.490 e. The number of ether oxygens (including phenoxy) is 1. The van der Waals surface area contributed by atoms with Crippen molar-refractivity contribution in [1.82, 2.24) is 9.97 Å². The summed E-state index contributed by atoms with van der Waals surface area (Å²) in [5.74, 6) is 0.450. The van der Waals surface area contributed by atoms with Gasteiger partial charge in [0, 0.05) is 22.7 Å². The Balaban J connectivity index is 1.93. The third-order valence-corrected chi connectivity index (χ3v) is 4.49. The predicted molar refractivity (Wildman–Crippen MR) is 107 cm³/mol. The molecule has 0 saturated heterocycles. The van der Waals surface area contributed by atoms with Gasteiger partial charge in [-0.3, -0.25) is 9.97 Å². The average molecular weight is 385 g/mol. The van der Waals surface area contributed by atoms with Gasteiger partial charge in [0.1, 0.15) is 12.4 Å². The summed E-state index contributed by atoms with van der Waals surface area (Å²) in [6.45, 7) is 6.13. The normalized spacial score (nSPS) is 13.9. The summed E-state index contributed by atoms with van der Waals surface area (Å²) >= 11 is 0. The average Bonchev–Trinajstić information content (AvgIpc) is 2.65. The summed E-state index contributed by atoms with van der Waals surface area (Å²) in [4.78, 5) is 8.68. The maximum Gasteiger partial charge on any atom is 0.267 e. The van der Waals surface area contributed by atoms with Gasteiger partial charge in [-0.05, 0) is 37.5 Å². The van der Waals surface area contributed by atoms with Crippen molar-refractivity contribution in [1.29, 1.82) is 0 Å². The van der Waals surface area contributed by atoms with Crippen LogP contribution in [-0.4, -0.2) is 22.1 Å². The first-order valence-corrected chi connectivity index (χ1v) is 9.31. The molecule has 2 heterocycles. The molecule has 1 unspecified atom stereocenters. The van der Waals surface area contributed by atoms with Gasteiger partial charge in [0.25, 0.3) is 6.43 Å². The van der Waals surface area contributed by atoms with Gasteiger partial charge in [0.2, 0.25) is 0 Å². The molecule has 3 aromatic rings. The van der Waals surface area contributed by atoms with Gasteiger partial charge in [-0.2, -0.15) is 0 Å². The van der Waals surface area contributed by atoms with E-state index in [-0.39, 0.29) is 17.9 Å². The van der Waals surface area contributed by atoms with Crippen LogP contribution in [0.2, 0.25) is 0 Å². The van der Waals surface area contributed by atoms with Crippen molar-refractivity contribution in [3.63, 3.8) is 0 Å². The Hall–Kier alpha value is -2.60. The Morgan fingerprint density at radius 3 is 2.61 bits per heavy atom. The number of halogens is 2. The SMILES string of the molecule is CC(C)CC(C)(N)COc1cnc(-c2ccnc3ccccc23)cc1C(F)F. The van der Waals surface area contributed by atoms with Crippen molar-refractivity contribution >= 4 is 10.9 Å². The molecule has 0 amide bonds. The standard InChI is InChI=1S/C22H25F2N3O/c1-14(2)11-22(3,25)13-28-20-12-27-19(10-17(20)21(23)24)16-8-9-26-18-7-5-4-6-15(16)18/h4-10,12,14,21H,11,13,25H2,1-3H3. The number of benzene rings is 1. The van der Waals surface area contributed by atoms with Gasteiger partial charge < -0.3 is 10.5 Å². The first kappa shape index (κ1) is 20.1. The molecule has 0 radical (unpaired) electrons. The van der Waals surface area contributed by atoms with E-state index in [1.165, 1.54) is 12.3 Å². The van der Waals surface area contributed by atoms with Crippen LogP contribution < -0.4 is 10.5 Å². The fourth-order valence-electron chi connectivity index (χ4n) is 3.45. The molecular weight excluding hydrogens is 360 g/mol. The number of pyridine rings is 2. The van der Waals surface area contributed by atoms with Crippen molar-refractivity contribution in [3.05, 3.63) is 54.4 Å². The Morgan fingerprint density at radius 2 is 1.89 bits per heavy atom. The predicted octanol–water partition coefficient (Wildman–Crippen LogP) is 5.38. The number of alkyl halides is 2. The van der Waals surface area contributed by atoms with Crippen LogP contribution >= 0.6 is 0 Å². The van der Waals surface area contributed by atoms with Crippen molar-refractivity contribution in [2.24, 2.45) is 11.7 Å². The fraction of sp³-hybridized carbons (Fsp3) is 0.364. The molecule has 0 fully saturated rings. The number of aromatic nitrogens is 2. The largest absolute Gasteiger partial charge is 0.490 e. The van der Waals surface area contributed by atoms with Gasteiger partial charge in [0.05, 0.1) is 23.0 Å². The van der Waals surface area contributed by atoms with E-state index in [1.807, 2.05) is 31.2 Å². The quantitative estimate of drug-likeness (QED) is 0.593. The Morgan fingerprint density at radius 1 is 1.14 bits per heavy atom. The maximum atomic E-state index is 13.7. The zero-order valence-electron chi connectivity index (χ0n) is 16.3. The van der Waals surface area contributed by atoms with Crippen LogP contribution in [0, 0.1) is 5.92 Å². The molecule has 2 aromatic heterocycles. The Bertz CT molecular complexity index is 952. The van der Waals surface area contributed by atoms with Crippen molar-refractivity contribution in [3.8, 4) is 17.0 Å². The zero-order valence-corrected chi connectivity index (χ0v) is 16.3. The van der Waals surface area contributed by atoms with E-state index in [4.69, 9.17) is 10.5 Å². The summed E-state index contributed by atoms with van der Waals surface area (Å²) < 4.78 is 33.1. The minimum atomic E-state index is -2.68. The fourth-order valence-corrected chi connectivity index (χ4v) is 3.45. The highest BCUT2D eigenvalue weighted by Gasteiger charge is 2.23. The lowest BCUT2D eigenvalue weighted by molar-refractivity contribution is 0.139. The molecule has 0 aliphatic carbocycles. The number of rotatable bonds is 7. The van der Waals surface area contributed by atoms with Crippen LogP contribution in [0.4, 0.5) is 8.78 Å². The summed E-state index contributed by atoms with van der Waals surface area (Å²) in [7, 11) is 0. The Kier molecular flexibility index (Phi) is 5.89. The summed E-state index contributed by atoms with van der Waals surface area (Å²) in [6, 6.07) is 10.7. The second-order valence-corrected chi connectivity index (χ2v) is 7.82. The summed E-state index contributed by atoms with van der Waals surface area (Å²) in [5, 5.41) is 0.859. The van der Waals surface area contributed by atoms with Crippen LogP contribution in [-0.2, 0) is 0 Å².